The molecule has 0 fully saturated rings. The van der Waals surface area contributed by atoms with Gasteiger partial charge in [-0.25, -0.2) is 0 Å². The number of nitrogens with two attached hydrogens (primary N) is 1. The van der Waals surface area contributed by atoms with Crippen LogP contribution in [-0.2, 0) is 6.42 Å². The summed E-state index contributed by atoms with van der Waals surface area (Å²) in [5.41, 5.74) is 6.11. The lowest BCUT2D eigenvalue weighted by Crippen LogP contribution is -2.22. The van der Waals surface area contributed by atoms with Gasteiger partial charge in [-0.05, 0) is 45.0 Å². The number of hydrogen-bond donors (Lipinski definition) is 1. The Kier molecular flexibility index (Phi) is 3.85. The van der Waals surface area contributed by atoms with Crippen LogP contribution in [0.2, 0.25) is 0 Å². The summed E-state index contributed by atoms with van der Waals surface area (Å²) in [5.74, 6) is 1.89. The molecule has 19 heavy (non-hydrogen) atoms. The molecule has 0 aliphatic heterocycles. The third-order valence-electron chi connectivity index (χ3n) is 2.35. The second-order valence-electron chi connectivity index (χ2n) is 5.28. The third kappa shape index (κ3) is 3.79. The molecule has 2 N–H and O–H groups in total. The van der Waals surface area contributed by atoms with E-state index in [0.29, 0.717) is 24.7 Å². The summed E-state index contributed by atoms with van der Waals surface area (Å²) >= 11 is 0. The Hall–Kier alpha value is -1.88. The molecule has 0 radical (unpaired) electrons. The molecule has 0 saturated heterocycles. The van der Waals surface area contributed by atoms with Crippen LogP contribution in [0.4, 0.5) is 0 Å². The summed E-state index contributed by atoms with van der Waals surface area (Å²) in [4.78, 5) is 0. The minimum absolute atomic E-state index is 0.208. The van der Waals surface area contributed by atoms with Crippen molar-refractivity contribution >= 4 is 0 Å². The second-order valence-corrected chi connectivity index (χ2v) is 5.28. The number of rotatable bonds is 4. The molecule has 5 nitrogen and oxygen atoms in total. The van der Waals surface area contributed by atoms with Crippen molar-refractivity contribution in [3.05, 3.63) is 30.2 Å². The maximum atomic E-state index is 5.75. The largest absolute Gasteiger partial charge is 0.488 e. The first-order chi connectivity index (χ1) is 8.98. The van der Waals surface area contributed by atoms with Gasteiger partial charge in [0, 0.05) is 18.5 Å². The van der Waals surface area contributed by atoms with Crippen LogP contribution < -0.4 is 10.5 Å². The zero-order chi connectivity index (χ0) is 13.9. The Morgan fingerprint density at radius 3 is 2.42 bits per heavy atom. The molecule has 0 saturated carbocycles. The van der Waals surface area contributed by atoms with Gasteiger partial charge in [0.25, 0.3) is 0 Å². The SMILES string of the molecule is CC(C)(C)Oc1ccc(-c2nnc(CCN)o2)cc1. The fourth-order valence-electron chi connectivity index (χ4n) is 1.61. The van der Waals surface area contributed by atoms with Gasteiger partial charge < -0.3 is 14.9 Å². The lowest BCUT2D eigenvalue weighted by molar-refractivity contribution is 0.131. The van der Waals surface area contributed by atoms with Crippen LogP contribution in [0.1, 0.15) is 26.7 Å². The first kappa shape index (κ1) is 13.5. The Balaban J connectivity index is 2.13. The molecule has 1 heterocycles. The van der Waals surface area contributed by atoms with Gasteiger partial charge in [0.1, 0.15) is 11.4 Å². The molecule has 0 aliphatic carbocycles. The minimum atomic E-state index is -0.208. The summed E-state index contributed by atoms with van der Waals surface area (Å²) in [6, 6.07) is 7.60. The second kappa shape index (κ2) is 5.40. The molecule has 0 atom stereocenters. The fourth-order valence-corrected chi connectivity index (χ4v) is 1.61. The summed E-state index contributed by atoms with van der Waals surface area (Å²) in [5, 5.41) is 7.93. The number of benzene rings is 1. The highest BCUT2D eigenvalue weighted by molar-refractivity contribution is 5.54. The van der Waals surface area contributed by atoms with Crippen LogP contribution in [0.25, 0.3) is 11.5 Å². The zero-order valence-electron chi connectivity index (χ0n) is 11.5. The molecule has 0 bridgehead atoms. The standard InChI is InChI=1S/C14H19N3O2/c1-14(2,3)19-11-6-4-10(5-7-11)13-17-16-12(18-13)8-9-15/h4-7H,8-9,15H2,1-3H3. The van der Waals surface area contributed by atoms with Crippen molar-refractivity contribution in [3.8, 4) is 17.2 Å². The molecule has 0 unspecified atom stereocenters. The first-order valence-electron chi connectivity index (χ1n) is 6.30. The van der Waals surface area contributed by atoms with E-state index in [1.165, 1.54) is 0 Å². The normalized spacial score (nSPS) is 11.6. The third-order valence-corrected chi connectivity index (χ3v) is 2.35. The van der Waals surface area contributed by atoms with Crippen molar-refractivity contribution in [1.29, 1.82) is 0 Å². The maximum Gasteiger partial charge on any atom is 0.247 e. The van der Waals surface area contributed by atoms with Gasteiger partial charge in [-0.3, -0.25) is 0 Å². The topological polar surface area (TPSA) is 74.2 Å². The summed E-state index contributed by atoms with van der Waals surface area (Å²) in [6.07, 6.45) is 0.595. The Morgan fingerprint density at radius 2 is 1.84 bits per heavy atom. The number of aromatic nitrogens is 2. The van der Waals surface area contributed by atoms with Gasteiger partial charge in [0.05, 0.1) is 0 Å². The van der Waals surface area contributed by atoms with Gasteiger partial charge in [-0.2, -0.15) is 0 Å². The monoisotopic (exact) mass is 261 g/mol. The molecule has 0 amide bonds. The lowest BCUT2D eigenvalue weighted by atomic mass is 10.1. The van der Waals surface area contributed by atoms with Crippen LogP contribution in [0.5, 0.6) is 5.75 Å². The van der Waals surface area contributed by atoms with Gasteiger partial charge in [0.15, 0.2) is 0 Å². The summed E-state index contributed by atoms with van der Waals surface area (Å²) in [6.45, 7) is 6.54. The van der Waals surface area contributed by atoms with Gasteiger partial charge in [-0.1, -0.05) is 0 Å². The van der Waals surface area contributed by atoms with Crippen molar-refractivity contribution < 1.29 is 9.15 Å². The van der Waals surface area contributed by atoms with E-state index in [0.717, 1.165) is 11.3 Å². The van der Waals surface area contributed by atoms with Crippen molar-refractivity contribution in [2.45, 2.75) is 32.8 Å². The fraction of sp³-hybridized carbons (Fsp3) is 0.429. The van der Waals surface area contributed by atoms with Crippen LogP contribution in [0.3, 0.4) is 0 Å². The van der Waals surface area contributed by atoms with Gasteiger partial charge in [0.2, 0.25) is 11.8 Å². The van der Waals surface area contributed by atoms with Crippen LogP contribution in [-0.4, -0.2) is 22.3 Å². The molecule has 0 aliphatic rings. The molecule has 102 valence electrons. The van der Waals surface area contributed by atoms with E-state index in [2.05, 4.69) is 10.2 Å². The van der Waals surface area contributed by atoms with E-state index in [1.807, 2.05) is 45.0 Å². The molecule has 2 rings (SSSR count). The summed E-state index contributed by atoms with van der Waals surface area (Å²) < 4.78 is 11.3. The maximum absolute atomic E-state index is 5.75. The van der Waals surface area contributed by atoms with Gasteiger partial charge in [-0.15, -0.1) is 10.2 Å². The number of hydrogen-bond acceptors (Lipinski definition) is 5. The summed E-state index contributed by atoms with van der Waals surface area (Å²) in [7, 11) is 0. The lowest BCUT2D eigenvalue weighted by Gasteiger charge is -2.21. The highest BCUT2D eigenvalue weighted by atomic mass is 16.5. The quantitative estimate of drug-likeness (QED) is 0.914. The van der Waals surface area contributed by atoms with Crippen LogP contribution in [0, 0.1) is 0 Å². The molecule has 2 aromatic rings. The Bertz CT molecular complexity index is 526. The van der Waals surface area contributed by atoms with E-state index in [1.54, 1.807) is 0 Å². The Labute approximate surface area is 112 Å². The van der Waals surface area contributed by atoms with Crippen molar-refractivity contribution in [1.82, 2.24) is 10.2 Å². The molecule has 0 spiro atoms. The number of ether oxygens (including phenoxy) is 1. The van der Waals surface area contributed by atoms with E-state index in [4.69, 9.17) is 14.9 Å². The van der Waals surface area contributed by atoms with Crippen LogP contribution in [0.15, 0.2) is 28.7 Å². The van der Waals surface area contributed by atoms with Gasteiger partial charge >= 0.3 is 0 Å². The smallest absolute Gasteiger partial charge is 0.247 e. The molecular formula is C14H19N3O2. The predicted octanol–water partition coefficient (Wildman–Crippen LogP) is 2.42. The van der Waals surface area contributed by atoms with E-state index < -0.39 is 0 Å². The highest BCUT2D eigenvalue weighted by Crippen LogP contribution is 2.23. The average molecular weight is 261 g/mol. The first-order valence-corrected chi connectivity index (χ1v) is 6.30. The van der Waals surface area contributed by atoms with Crippen LogP contribution >= 0.6 is 0 Å². The highest BCUT2D eigenvalue weighted by Gasteiger charge is 2.12. The zero-order valence-corrected chi connectivity index (χ0v) is 11.5. The average Bonchev–Trinajstić information content (AvgIpc) is 2.77. The predicted molar refractivity (Wildman–Crippen MR) is 72.9 cm³/mol. The van der Waals surface area contributed by atoms with Crippen molar-refractivity contribution in [2.24, 2.45) is 5.73 Å². The molecule has 1 aromatic carbocycles. The number of nitrogens with zero attached hydrogens (tertiary/aromatic N) is 2. The van der Waals surface area contributed by atoms with E-state index >= 15 is 0 Å². The minimum Gasteiger partial charge on any atom is -0.488 e. The molecule has 5 heteroatoms. The van der Waals surface area contributed by atoms with E-state index in [-0.39, 0.29) is 5.60 Å². The molecular weight excluding hydrogens is 242 g/mol. The van der Waals surface area contributed by atoms with Crippen molar-refractivity contribution in [2.75, 3.05) is 6.54 Å². The molecule has 1 aromatic heterocycles. The van der Waals surface area contributed by atoms with Crippen molar-refractivity contribution in [3.63, 3.8) is 0 Å². The van der Waals surface area contributed by atoms with E-state index in [9.17, 15) is 0 Å². The Morgan fingerprint density at radius 1 is 1.16 bits per heavy atom.